The van der Waals surface area contributed by atoms with E-state index in [1.54, 1.807) is 18.2 Å². The van der Waals surface area contributed by atoms with Crippen LogP contribution in [0.5, 0.6) is 0 Å². The van der Waals surface area contributed by atoms with Crippen molar-refractivity contribution in [1.82, 2.24) is 4.72 Å². The second kappa shape index (κ2) is 9.32. The predicted octanol–water partition coefficient (Wildman–Crippen LogP) is 0.171. The van der Waals surface area contributed by atoms with Gasteiger partial charge in [-0.05, 0) is 40.6 Å². The molecule has 4 atom stereocenters. The van der Waals surface area contributed by atoms with Gasteiger partial charge in [-0.15, -0.1) is 0 Å². The Kier molecular flexibility index (Phi) is 6.96. The van der Waals surface area contributed by atoms with E-state index in [-0.39, 0.29) is 13.2 Å². The molecule has 1 fully saturated rings. The van der Waals surface area contributed by atoms with Crippen LogP contribution in [0.25, 0.3) is 16.8 Å². The molecule has 0 unspecified atom stereocenters. The zero-order valence-electron chi connectivity index (χ0n) is 17.1. The fourth-order valence-electron chi connectivity index (χ4n) is 3.26. The number of aliphatic hydroxyl groups excluding tert-OH is 3. The quantitative estimate of drug-likeness (QED) is 0.459. The van der Waals surface area contributed by atoms with Gasteiger partial charge in [0.1, 0.15) is 24.4 Å². The van der Waals surface area contributed by atoms with Gasteiger partial charge in [0.2, 0.25) is 0 Å². The SMILES string of the molecule is CN(C)c1ccc2cc(/C=C(\C#N)S(=O)(=O)NC[C@H]3OC[C@H](O)[C@@H](O)[C@@H]3O)ccc2c1. The summed E-state index contributed by atoms with van der Waals surface area (Å²) in [6.07, 6.45) is -3.95. The van der Waals surface area contributed by atoms with Crippen molar-refractivity contribution < 1.29 is 28.5 Å². The molecule has 0 saturated carbocycles. The van der Waals surface area contributed by atoms with Crippen molar-refractivity contribution in [3.05, 3.63) is 46.9 Å². The highest BCUT2D eigenvalue weighted by Crippen LogP contribution is 2.23. The molecular formula is C21H25N3O6S. The fourth-order valence-corrected chi connectivity index (χ4v) is 4.21. The number of aliphatic hydroxyl groups is 3. The first-order valence-corrected chi connectivity index (χ1v) is 11.1. The predicted molar refractivity (Wildman–Crippen MR) is 117 cm³/mol. The topological polar surface area (TPSA) is 143 Å². The van der Waals surface area contributed by atoms with Crippen LogP contribution in [0, 0.1) is 11.3 Å². The first-order chi connectivity index (χ1) is 14.6. The van der Waals surface area contributed by atoms with Gasteiger partial charge in [0.15, 0.2) is 4.91 Å². The summed E-state index contributed by atoms with van der Waals surface area (Å²) in [5.41, 5.74) is 1.57. The van der Waals surface area contributed by atoms with Crippen molar-refractivity contribution in [2.75, 3.05) is 32.1 Å². The van der Waals surface area contributed by atoms with Gasteiger partial charge in [-0.1, -0.05) is 18.2 Å². The molecule has 0 spiro atoms. The summed E-state index contributed by atoms with van der Waals surface area (Å²) in [5.74, 6) is 0. The molecule has 0 aliphatic carbocycles. The Morgan fingerprint density at radius 2 is 1.87 bits per heavy atom. The van der Waals surface area contributed by atoms with Crippen LogP contribution in [0.1, 0.15) is 5.56 Å². The van der Waals surface area contributed by atoms with Gasteiger partial charge in [0.25, 0.3) is 10.0 Å². The molecule has 2 aromatic carbocycles. The van der Waals surface area contributed by atoms with E-state index in [9.17, 15) is 29.0 Å². The van der Waals surface area contributed by atoms with E-state index in [2.05, 4.69) is 4.72 Å². The highest BCUT2D eigenvalue weighted by molar-refractivity contribution is 7.93. The molecule has 0 amide bonds. The number of fused-ring (bicyclic) bond motifs is 1. The largest absolute Gasteiger partial charge is 0.388 e. The highest BCUT2D eigenvalue weighted by atomic mass is 32.2. The number of rotatable bonds is 6. The minimum Gasteiger partial charge on any atom is -0.388 e. The van der Waals surface area contributed by atoms with Crippen LogP contribution < -0.4 is 9.62 Å². The van der Waals surface area contributed by atoms with Crippen LogP contribution in [0.3, 0.4) is 0 Å². The second-order valence-corrected chi connectivity index (χ2v) is 9.31. The Morgan fingerprint density at radius 3 is 2.55 bits per heavy atom. The zero-order valence-corrected chi connectivity index (χ0v) is 18.0. The highest BCUT2D eigenvalue weighted by Gasteiger charge is 2.38. The molecular weight excluding hydrogens is 422 g/mol. The summed E-state index contributed by atoms with van der Waals surface area (Å²) in [7, 11) is -0.308. The maximum atomic E-state index is 12.6. The van der Waals surface area contributed by atoms with Crippen molar-refractivity contribution in [3.8, 4) is 6.07 Å². The van der Waals surface area contributed by atoms with Gasteiger partial charge in [-0.3, -0.25) is 0 Å². The summed E-state index contributed by atoms with van der Waals surface area (Å²) in [5, 5.41) is 40.4. The Morgan fingerprint density at radius 1 is 1.19 bits per heavy atom. The number of sulfonamides is 1. The summed E-state index contributed by atoms with van der Waals surface area (Å²) in [6.45, 7) is -0.602. The van der Waals surface area contributed by atoms with Gasteiger partial charge in [-0.2, -0.15) is 5.26 Å². The minimum absolute atomic E-state index is 0.238. The molecule has 1 heterocycles. The van der Waals surface area contributed by atoms with Crippen LogP contribution in [0.4, 0.5) is 5.69 Å². The molecule has 3 rings (SSSR count). The number of hydrogen-bond acceptors (Lipinski definition) is 8. The van der Waals surface area contributed by atoms with E-state index < -0.39 is 39.3 Å². The standard InChI is InChI=1S/C21H25N3O6S/c1-24(2)16-6-5-14-7-13(3-4-15(14)9-16)8-17(10-22)31(28,29)23-11-19-21(27)20(26)18(25)12-30-19/h3-9,18-21,23,25-27H,11-12H2,1-2H3/b17-8+/t18-,19+,20+,21+/m0/s1. The summed E-state index contributed by atoms with van der Waals surface area (Å²) in [6, 6.07) is 12.9. The smallest absolute Gasteiger partial charge is 0.250 e. The van der Waals surface area contributed by atoms with Crippen molar-refractivity contribution in [2.45, 2.75) is 24.4 Å². The molecule has 166 valence electrons. The lowest BCUT2D eigenvalue weighted by atomic mass is 10.0. The van der Waals surface area contributed by atoms with E-state index in [0.29, 0.717) is 5.56 Å². The third-order valence-electron chi connectivity index (χ3n) is 5.14. The average Bonchev–Trinajstić information content (AvgIpc) is 2.74. The molecule has 1 aliphatic heterocycles. The van der Waals surface area contributed by atoms with E-state index in [0.717, 1.165) is 16.5 Å². The van der Waals surface area contributed by atoms with E-state index >= 15 is 0 Å². The molecule has 9 nitrogen and oxygen atoms in total. The lowest BCUT2D eigenvalue weighted by Gasteiger charge is -2.35. The Labute approximate surface area is 180 Å². The van der Waals surface area contributed by atoms with Gasteiger partial charge in [-0.25, -0.2) is 13.1 Å². The number of ether oxygens (including phenoxy) is 1. The monoisotopic (exact) mass is 447 g/mol. The lowest BCUT2D eigenvalue weighted by molar-refractivity contribution is -0.184. The number of nitriles is 1. The molecule has 10 heteroatoms. The van der Waals surface area contributed by atoms with Gasteiger partial charge < -0.3 is 25.0 Å². The van der Waals surface area contributed by atoms with Gasteiger partial charge in [0.05, 0.1) is 12.7 Å². The fraction of sp³-hybridized carbons (Fsp3) is 0.381. The third kappa shape index (κ3) is 5.22. The first-order valence-electron chi connectivity index (χ1n) is 9.61. The number of benzene rings is 2. The molecule has 0 bridgehead atoms. The van der Waals surface area contributed by atoms with Crippen molar-refractivity contribution >= 4 is 32.6 Å². The lowest BCUT2D eigenvalue weighted by Crippen LogP contribution is -2.56. The van der Waals surface area contributed by atoms with Crippen LogP contribution in [-0.4, -0.2) is 75.4 Å². The molecule has 0 aromatic heterocycles. The minimum atomic E-state index is -4.19. The normalized spacial score (nSPS) is 24.7. The maximum Gasteiger partial charge on any atom is 0.250 e. The van der Waals surface area contributed by atoms with E-state index in [1.807, 2.05) is 43.3 Å². The van der Waals surface area contributed by atoms with Crippen LogP contribution in [0.2, 0.25) is 0 Å². The molecule has 31 heavy (non-hydrogen) atoms. The number of nitrogens with zero attached hydrogens (tertiary/aromatic N) is 2. The Bertz CT molecular complexity index is 1130. The van der Waals surface area contributed by atoms with E-state index in [4.69, 9.17) is 4.74 Å². The van der Waals surface area contributed by atoms with Crippen LogP contribution in [0.15, 0.2) is 41.3 Å². The Balaban J connectivity index is 1.78. The number of allylic oxidation sites excluding steroid dienone is 1. The number of hydrogen-bond donors (Lipinski definition) is 4. The number of anilines is 1. The summed E-state index contributed by atoms with van der Waals surface area (Å²) in [4.78, 5) is 1.48. The average molecular weight is 448 g/mol. The zero-order chi connectivity index (χ0) is 22.8. The molecule has 0 radical (unpaired) electrons. The summed E-state index contributed by atoms with van der Waals surface area (Å²) < 4.78 is 32.6. The third-order valence-corrected chi connectivity index (χ3v) is 6.48. The van der Waals surface area contributed by atoms with Crippen molar-refractivity contribution in [2.24, 2.45) is 0 Å². The molecule has 2 aromatic rings. The van der Waals surface area contributed by atoms with Crippen LogP contribution >= 0.6 is 0 Å². The number of nitrogens with one attached hydrogen (secondary N) is 1. The van der Waals surface area contributed by atoms with Gasteiger partial charge in [0, 0.05) is 26.3 Å². The van der Waals surface area contributed by atoms with Crippen LogP contribution in [-0.2, 0) is 14.8 Å². The van der Waals surface area contributed by atoms with E-state index in [1.165, 1.54) is 6.08 Å². The maximum absolute atomic E-state index is 12.6. The van der Waals surface area contributed by atoms with Crippen molar-refractivity contribution in [3.63, 3.8) is 0 Å². The first kappa shape index (κ1) is 23.1. The van der Waals surface area contributed by atoms with Crippen molar-refractivity contribution in [1.29, 1.82) is 5.26 Å². The molecule has 4 N–H and O–H groups in total. The summed E-state index contributed by atoms with van der Waals surface area (Å²) >= 11 is 0. The second-order valence-electron chi connectivity index (χ2n) is 7.58. The molecule has 1 aliphatic rings. The molecule has 1 saturated heterocycles. The van der Waals surface area contributed by atoms with Gasteiger partial charge >= 0.3 is 0 Å². The Hall–Kier alpha value is -2.52.